The average Bonchev–Trinajstić information content (AvgIpc) is 3.02. The Morgan fingerprint density at radius 3 is 2.74 bits per heavy atom. The van der Waals surface area contributed by atoms with Gasteiger partial charge in [-0.05, 0) is 36.5 Å². The van der Waals surface area contributed by atoms with Gasteiger partial charge in [0.2, 0.25) is 0 Å². The molecule has 1 aliphatic rings. The Morgan fingerprint density at radius 1 is 1.21 bits per heavy atom. The molecule has 0 bridgehead atoms. The number of aromatic amines is 2. The van der Waals surface area contributed by atoms with Crippen LogP contribution in [0.5, 0.6) is 0 Å². The van der Waals surface area contributed by atoms with Gasteiger partial charge in [-0.15, -0.1) is 0 Å². The highest BCUT2D eigenvalue weighted by Crippen LogP contribution is 2.31. The number of benzene rings is 1. The Bertz CT molecular complexity index is 608. The Hall–Kier alpha value is -1.55. The normalized spacial score (nSPS) is 18.2. The Balaban J connectivity index is 1.69. The zero-order valence-electron chi connectivity index (χ0n) is 11.0. The Morgan fingerprint density at radius 2 is 1.95 bits per heavy atom. The van der Waals surface area contributed by atoms with E-state index in [2.05, 4.69) is 9.97 Å². The van der Waals surface area contributed by atoms with Crippen molar-refractivity contribution in [3.05, 3.63) is 34.2 Å². The van der Waals surface area contributed by atoms with E-state index in [0.717, 1.165) is 35.4 Å². The fraction of sp³-hybridized carbons (Fsp3) is 0.533. The van der Waals surface area contributed by atoms with E-state index in [4.69, 9.17) is 0 Å². The third-order valence-electron chi connectivity index (χ3n) is 4.25. The van der Waals surface area contributed by atoms with Crippen molar-refractivity contribution in [3.63, 3.8) is 0 Å². The minimum Gasteiger partial charge on any atom is -0.388 e. The van der Waals surface area contributed by atoms with Crippen LogP contribution in [-0.2, 0) is 0 Å². The summed E-state index contributed by atoms with van der Waals surface area (Å²) >= 11 is 0. The molecule has 1 aliphatic carbocycles. The summed E-state index contributed by atoms with van der Waals surface area (Å²) in [6.45, 7) is 0. The quantitative estimate of drug-likeness (QED) is 0.791. The van der Waals surface area contributed by atoms with E-state index in [9.17, 15) is 9.90 Å². The summed E-state index contributed by atoms with van der Waals surface area (Å²) < 4.78 is 0. The standard InChI is InChI=1S/C15H20N2O2/c18-14(8-5-10-3-1-2-4-10)11-6-7-12-13(9-11)17-15(19)16-12/h6-7,9-10,14,18H,1-5,8H2,(H2,16,17,19). The van der Waals surface area contributed by atoms with Crippen LogP contribution in [0.4, 0.5) is 0 Å². The van der Waals surface area contributed by atoms with Gasteiger partial charge < -0.3 is 15.1 Å². The number of H-pyrrole nitrogens is 2. The largest absolute Gasteiger partial charge is 0.388 e. The van der Waals surface area contributed by atoms with Crippen LogP contribution in [0.1, 0.15) is 50.2 Å². The number of imidazole rings is 1. The molecule has 1 heterocycles. The van der Waals surface area contributed by atoms with Crippen molar-refractivity contribution in [1.29, 1.82) is 0 Å². The molecule has 0 saturated heterocycles. The molecule has 4 heteroatoms. The summed E-state index contributed by atoms with van der Waals surface area (Å²) in [6.07, 6.45) is 6.80. The van der Waals surface area contributed by atoms with Crippen LogP contribution >= 0.6 is 0 Å². The van der Waals surface area contributed by atoms with E-state index in [1.54, 1.807) is 0 Å². The van der Waals surface area contributed by atoms with Crippen LogP contribution in [0.3, 0.4) is 0 Å². The lowest BCUT2D eigenvalue weighted by Crippen LogP contribution is -2.01. The second kappa shape index (κ2) is 5.21. The van der Waals surface area contributed by atoms with Crippen LogP contribution in [0.25, 0.3) is 11.0 Å². The first-order chi connectivity index (χ1) is 9.22. The zero-order valence-corrected chi connectivity index (χ0v) is 11.0. The second-order valence-electron chi connectivity index (χ2n) is 5.63. The van der Waals surface area contributed by atoms with Gasteiger partial charge in [0.05, 0.1) is 17.1 Å². The summed E-state index contributed by atoms with van der Waals surface area (Å²) in [5, 5.41) is 10.2. The molecule has 1 aromatic carbocycles. The zero-order chi connectivity index (χ0) is 13.2. The highest BCUT2D eigenvalue weighted by Gasteiger charge is 2.17. The first-order valence-corrected chi connectivity index (χ1v) is 7.12. The lowest BCUT2D eigenvalue weighted by molar-refractivity contribution is 0.157. The third-order valence-corrected chi connectivity index (χ3v) is 4.25. The van der Waals surface area contributed by atoms with Gasteiger partial charge in [-0.2, -0.15) is 0 Å². The molecule has 3 rings (SSSR count). The van der Waals surface area contributed by atoms with Gasteiger partial charge in [-0.1, -0.05) is 31.7 Å². The Kier molecular flexibility index (Phi) is 3.42. The molecular formula is C15H20N2O2. The van der Waals surface area contributed by atoms with Crippen molar-refractivity contribution in [2.75, 3.05) is 0 Å². The van der Waals surface area contributed by atoms with Gasteiger partial charge in [-0.25, -0.2) is 4.79 Å². The molecule has 0 spiro atoms. The Labute approximate surface area is 111 Å². The third kappa shape index (κ3) is 2.73. The van der Waals surface area contributed by atoms with Crippen LogP contribution in [0.15, 0.2) is 23.0 Å². The maximum atomic E-state index is 11.2. The monoisotopic (exact) mass is 260 g/mol. The SMILES string of the molecule is O=c1[nH]c2ccc(C(O)CCC3CCCC3)cc2[nH]1. The molecule has 1 atom stereocenters. The van der Waals surface area contributed by atoms with Gasteiger partial charge in [0, 0.05) is 0 Å². The molecule has 0 amide bonds. The molecule has 1 unspecified atom stereocenters. The summed E-state index contributed by atoms with van der Waals surface area (Å²) in [7, 11) is 0. The number of aliphatic hydroxyl groups is 1. The van der Waals surface area contributed by atoms with Crippen LogP contribution in [0.2, 0.25) is 0 Å². The van der Waals surface area contributed by atoms with Crippen molar-refractivity contribution < 1.29 is 5.11 Å². The van der Waals surface area contributed by atoms with Crippen molar-refractivity contribution in [3.8, 4) is 0 Å². The summed E-state index contributed by atoms with van der Waals surface area (Å²) in [6, 6.07) is 5.61. The molecule has 1 saturated carbocycles. The summed E-state index contributed by atoms with van der Waals surface area (Å²) in [5.41, 5.74) is 2.24. The number of fused-ring (bicyclic) bond motifs is 1. The highest BCUT2D eigenvalue weighted by molar-refractivity contribution is 5.75. The van der Waals surface area contributed by atoms with Crippen molar-refractivity contribution in [2.24, 2.45) is 5.92 Å². The summed E-state index contributed by atoms with van der Waals surface area (Å²) in [4.78, 5) is 16.6. The minimum absolute atomic E-state index is 0.201. The van der Waals surface area contributed by atoms with E-state index in [0.29, 0.717) is 0 Å². The van der Waals surface area contributed by atoms with Gasteiger partial charge in [-0.3, -0.25) is 0 Å². The molecule has 0 aliphatic heterocycles. The second-order valence-corrected chi connectivity index (χ2v) is 5.63. The molecule has 2 aromatic rings. The molecule has 0 radical (unpaired) electrons. The maximum absolute atomic E-state index is 11.2. The number of hydrogen-bond acceptors (Lipinski definition) is 2. The predicted octanol–water partition coefficient (Wildman–Crippen LogP) is 2.86. The molecule has 4 nitrogen and oxygen atoms in total. The molecule has 19 heavy (non-hydrogen) atoms. The summed E-state index contributed by atoms with van der Waals surface area (Å²) in [5.74, 6) is 0.797. The first kappa shape index (κ1) is 12.5. The minimum atomic E-state index is -0.427. The lowest BCUT2D eigenvalue weighted by atomic mass is 9.96. The van der Waals surface area contributed by atoms with E-state index in [-0.39, 0.29) is 5.69 Å². The first-order valence-electron chi connectivity index (χ1n) is 7.12. The molecule has 102 valence electrons. The van der Waals surface area contributed by atoms with E-state index in [1.165, 1.54) is 25.7 Å². The van der Waals surface area contributed by atoms with E-state index < -0.39 is 6.10 Å². The fourth-order valence-corrected chi connectivity index (χ4v) is 3.12. The maximum Gasteiger partial charge on any atom is 0.323 e. The number of aromatic nitrogens is 2. The molecule has 1 aromatic heterocycles. The average molecular weight is 260 g/mol. The topological polar surface area (TPSA) is 68.9 Å². The molecule has 3 N–H and O–H groups in total. The van der Waals surface area contributed by atoms with Gasteiger partial charge in [0.15, 0.2) is 0 Å². The fourth-order valence-electron chi connectivity index (χ4n) is 3.12. The van der Waals surface area contributed by atoms with E-state index >= 15 is 0 Å². The van der Waals surface area contributed by atoms with Crippen LogP contribution < -0.4 is 5.69 Å². The van der Waals surface area contributed by atoms with E-state index in [1.807, 2.05) is 18.2 Å². The van der Waals surface area contributed by atoms with Gasteiger partial charge in [0.25, 0.3) is 0 Å². The number of hydrogen-bond donors (Lipinski definition) is 3. The number of nitrogens with one attached hydrogen (secondary N) is 2. The van der Waals surface area contributed by atoms with Crippen molar-refractivity contribution in [1.82, 2.24) is 9.97 Å². The number of rotatable bonds is 4. The predicted molar refractivity (Wildman–Crippen MR) is 75.1 cm³/mol. The van der Waals surface area contributed by atoms with Crippen LogP contribution in [-0.4, -0.2) is 15.1 Å². The van der Waals surface area contributed by atoms with Gasteiger partial charge in [0.1, 0.15) is 0 Å². The lowest BCUT2D eigenvalue weighted by Gasteiger charge is -2.14. The molecule has 1 fully saturated rings. The van der Waals surface area contributed by atoms with Crippen molar-refractivity contribution >= 4 is 11.0 Å². The van der Waals surface area contributed by atoms with Gasteiger partial charge >= 0.3 is 5.69 Å². The molecular weight excluding hydrogens is 240 g/mol. The smallest absolute Gasteiger partial charge is 0.323 e. The number of aliphatic hydroxyl groups excluding tert-OH is 1. The highest BCUT2D eigenvalue weighted by atomic mass is 16.3. The van der Waals surface area contributed by atoms with Crippen LogP contribution in [0, 0.1) is 5.92 Å². The van der Waals surface area contributed by atoms with Crippen molar-refractivity contribution in [2.45, 2.75) is 44.6 Å².